The maximum atomic E-state index is 3.66. The molecule has 0 spiro atoms. The van der Waals surface area contributed by atoms with Gasteiger partial charge in [0.05, 0.1) is 0 Å². The Morgan fingerprint density at radius 3 is 2.14 bits per heavy atom. The Balaban J connectivity index is 2.15. The molecule has 1 atom stereocenters. The Morgan fingerprint density at radius 2 is 1.71 bits per heavy atom. The fourth-order valence-corrected chi connectivity index (χ4v) is 1.82. The zero-order chi connectivity index (χ0) is 10.6. The normalized spacial score (nSPS) is 19.3. The number of hydrogen-bond donors (Lipinski definition) is 1. The van der Waals surface area contributed by atoms with Crippen molar-refractivity contribution in [3.63, 3.8) is 0 Å². The topological polar surface area (TPSA) is 12.0 Å². The fourth-order valence-electron chi connectivity index (χ4n) is 1.82. The van der Waals surface area contributed by atoms with Crippen molar-refractivity contribution in [2.24, 2.45) is 17.8 Å². The molecular formula is C13H27N. The van der Waals surface area contributed by atoms with Gasteiger partial charge in [0.15, 0.2) is 0 Å². The van der Waals surface area contributed by atoms with E-state index in [4.69, 9.17) is 0 Å². The predicted molar refractivity (Wildman–Crippen MR) is 63.4 cm³/mol. The predicted octanol–water partition coefficient (Wildman–Crippen LogP) is 3.45. The monoisotopic (exact) mass is 197 g/mol. The van der Waals surface area contributed by atoms with Crippen LogP contribution in [-0.2, 0) is 0 Å². The van der Waals surface area contributed by atoms with Crippen molar-refractivity contribution in [3.8, 4) is 0 Å². The fraction of sp³-hybridized carbons (Fsp3) is 1.00. The molecule has 1 N–H and O–H groups in total. The summed E-state index contributed by atoms with van der Waals surface area (Å²) < 4.78 is 0. The number of nitrogens with one attached hydrogen (secondary N) is 1. The summed E-state index contributed by atoms with van der Waals surface area (Å²) in [5.41, 5.74) is 0. The molecule has 0 aromatic carbocycles. The van der Waals surface area contributed by atoms with Gasteiger partial charge in [0.1, 0.15) is 0 Å². The molecule has 1 rings (SSSR count). The summed E-state index contributed by atoms with van der Waals surface area (Å²) in [5.74, 6) is 2.58. The smallest absolute Gasteiger partial charge is 0.00683 e. The van der Waals surface area contributed by atoms with Crippen LogP contribution < -0.4 is 5.32 Å². The molecule has 1 aliphatic carbocycles. The van der Waals surface area contributed by atoms with Gasteiger partial charge < -0.3 is 5.32 Å². The quantitative estimate of drug-likeness (QED) is 0.659. The third kappa shape index (κ3) is 4.99. The van der Waals surface area contributed by atoms with Gasteiger partial charge in [-0.25, -0.2) is 0 Å². The lowest BCUT2D eigenvalue weighted by Crippen LogP contribution is -2.28. The van der Waals surface area contributed by atoms with Crippen LogP contribution in [0, 0.1) is 17.8 Å². The third-order valence-electron chi connectivity index (χ3n) is 3.30. The van der Waals surface area contributed by atoms with Crippen molar-refractivity contribution in [1.29, 1.82) is 0 Å². The third-order valence-corrected chi connectivity index (χ3v) is 3.30. The minimum absolute atomic E-state index is 0.833. The molecule has 0 saturated heterocycles. The second kappa shape index (κ2) is 5.75. The van der Waals surface area contributed by atoms with Crippen molar-refractivity contribution in [3.05, 3.63) is 0 Å². The Bertz CT molecular complexity index is 141. The van der Waals surface area contributed by atoms with Gasteiger partial charge in [0.2, 0.25) is 0 Å². The molecule has 0 aromatic rings. The van der Waals surface area contributed by atoms with Gasteiger partial charge in [-0.1, -0.05) is 34.1 Å². The van der Waals surface area contributed by atoms with Crippen LogP contribution in [0.15, 0.2) is 0 Å². The molecule has 0 aromatic heterocycles. The van der Waals surface area contributed by atoms with E-state index < -0.39 is 0 Å². The van der Waals surface area contributed by atoms with Crippen LogP contribution in [0.2, 0.25) is 0 Å². The summed E-state index contributed by atoms with van der Waals surface area (Å²) in [7, 11) is 0. The molecule has 84 valence electrons. The Labute approximate surface area is 89.7 Å². The summed E-state index contributed by atoms with van der Waals surface area (Å²) in [6, 6.07) is 0.871. The van der Waals surface area contributed by atoms with Gasteiger partial charge in [-0.3, -0.25) is 0 Å². The van der Waals surface area contributed by atoms with E-state index in [0.29, 0.717) is 0 Å². The highest BCUT2D eigenvalue weighted by Crippen LogP contribution is 2.23. The molecule has 0 amide bonds. The molecule has 1 unspecified atom stereocenters. The van der Waals surface area contributed by atoms with Crippen LogP contribution in [0.3, 0.4) is 0 Å². The van der Waals surface area contributed by atoms with Crippen LogP contribution in [0.5, 0.6) is 0 Å². The molecule has 1 heteroatoms. The average molecular weight is 197 g/mol. The first-order valence-corrected chi connectivity index (χ1v) is 6.33. The Hall–Kier alpha value is -0.0400. The largest absolute Gasteiger partial charge is 0.314 e. The van der Waals surface area contributed by atoms with Gasteiger partial charge >= 0.3 is 0 Å². The minimum Gasteiger partial charge on any atom is -0.314 e. The van der Waals surface area contributed by atoms with Crippen molar-refractivity contribution < 1.29 is 0 Å². The number of rotatable bonds is 7. The Kier molecular flexibility index (Phi) is 4.94. The van der Waals surface area contributed by atoms with E-state index in [1.54, 1.807) is 0 Å². The molecule has 0 aliphatic heterocycles. The maximum Gasteiger partial charge on any atom is 0.00683 e. The molecule has 14 heavy (non-hydrogen) atoms. The van der Waals surface area contributed by atoms with E-state index in [2.05, 4.69) is 33.0 Å². The van der Waals surface area contributed by atoms with Crippen LogP contribution in [0.4, 0.5) is 0 Å². The molecule has 0 radical (unpaired) electrons. The highest BCUT2D eigenvalue weighted by Gasteiger charge is 2.22. The zero-order valence-corrected chi connectivity index (χ0v) is 10.3. The molecule has 1 nitrogen and oxygen atoms in total. The van der Waals surface area contributed by atoms with E-state index in [9.17, 15) is 0 Å². The molecule has 1 saturated carbocycles. The first kappa shape index (κ1) is 12.0. The molecule has 0 heterocycles. The first-order chi connectivity index (χ1) is 6.59. The highest BCUT2D eigenvalue weighted by atomic mass is 14.9. The van der Waals surface area contributed by atoms with Gasteiger partial charge in [-0.05, 0) is 43.6 Å². The molecule has 1 aliphatic rings. The van der Waals surface area contributed by atoms with Crippen molar-refractivity contribution in [2.45, 2.75) is 59.4 Å². The average Bonchev–Trinajstić information content (AvgIpc) is 2.86. The summed E-state index contributed by atoms with van der Waals surface area (Å²) in [5, 5.41) is 3.66. The molecule has 0 bridgehead atoms. The van der Waals surface area contributed by atoms with Crippen LogP contribution >= 0.6 is 0 Å². The van der Waals surface area contributed by atoms with E-state index in [1.807, 2.05) is 0 Å². The Morgan fingerprint density at radius 1 is 1.07 bits per heavy atom. The van der Waals surface area contributed by atoms with E-state index in [1.165, 1.54) is 32.2 Å². The second-order valence-electron chi connectivity index (χ2n) is 5.66. The van der Waals surface area contributed by atoms with E-state index in [-0.39, 0.29) is 0 Å². The highest BCUT2D eigenvalue weighted by molar-refractivity contribution is 4.82. The molecule has 1 fully saturated rings. The van der Waals surface area contributed by atoms with Crippen LogP contribution in [-0.4, -0.2) is 12.6 Å². The minimum atomic E-state index is 0.833. The number of hydrogen-bond acceptors (Lipinski definition) is 1. The van der Waals surface area contributed by atoms with Crippen LogP contribution in [0.1, 0.15) is 53.4 Å². The summed E-state index contributed by atoms with van der Waals surface area (Å²) in [4.78, 5) is 0. The first-order valence-electron chi connectivity index (χ1n) is 6.33. The van der Waals surface area contributed by atoms with Crippen LogP contribution in [0.25, 0.3) is 0 Å². The van der Waals surface area contributed by atoms with Gasteiger partial charge in [0.25, 0.3) is 0 Å². The standard InChI is InChI=1S/C13H27N/c1-10(2)5-6-12(11(3)4)9-14-13-7-8-13/h10-14H,5-9H2,1-4H3. The lowest BCUT2D eigenvalue weighted by molar-refractivity contribution is 0.316. The summed E-state index contributed by atoms with van der Waals surface area (Å²) in [6.07, 6.45) is 5.61. The van der Waals surface area contributed by atoms with Gasteiger partial charge in [-0.15, -0.1) is 0 Å². The maximum absolute atomic E-state index is 3.66. The van der Waals surface area contributed by atoms with Crippen molar-refractivity contribution in [1.82, 2.24) is 5.32 Å². The van der Waals surface area contributed by atoms with Gasteiger partial charge in [0, 0.05) is 6.04 Å². The van der Waals surface area contributed by atoms with Crippen molar-refractivity contribution in [2.75, 3.05) is 6.54 Å². The van der Waals surface area contributed by atoms with E-state index in [0.717, 1.165) is 23.8 Å². The lowest BCUT2D eigenvalue weighted by atomic mass is 9.88. The zero-order valence-electron chi connectivity index (χ0n) is 10.3. The molecular weight excluding hydrogens is 170 g/mol. The summed E-state index contributed by atoms with van der Waals surface area (Å²) >= 11 is 0. The van der Waals surface area contributed by atoms with E-state index >= 15 is 0 Å². The van der Waals surface area contributed by atoms with Gasteiger partial charge in [-0.2, -0.15) is 0 Å². The lowest BCUT2D eigenvalue weighted by Gasteiger charge is -2.22. The summed E-state index contributed by atoms with van der Waals surface area (Å²) in [6.45, 7) is 10.6. The second-order valence-corrected chi connectivity index (χ2v) is 5.66. The van der Waals surface area contributed by atoms with Crippen molar-refractivity contribution >= 4 is 0 Å². The SMILES string of the molecule is CC(C)CCC(CNC1CC1)C(C)C.